The predicted octanol–water partition coefficient (Wildman–Crippen LogP) is 18.7. The van der Waals surface area contributed by atoms with Crippen LogP contribution in [0.15, 0.2) is 279 Å². The molecule has 0 unspecified atom stereocenters. The third-order valence-electron chi connectivity index (χ3n) is 15.6. The van der Waals surface area contributed by atoms with Crippen LogP contribution in [0, 0.1) is 0 Å². The summed E-state index contributed by atoms with van der Waals surface area (Å²) in [6.45, 7) is 0. The number of aromatic nitrogens is 8. The first-order valence-corrected chi connectivity index (χ1v) is 28.2. The van der Waals surface area contributed by atoms with Gasteiger partial charge in [-0.2, -0.15) is 9.97 Å². The van der Waals surface area contributed by atoms with Gasteiger partial charge in [-0.15, -0.1) is 11.3 Å². The van der Waals surface area contributed by atoms with Gasteiger partial charge >= 0.3 is 0 Å². The molecule has 0 fully saturated rings. The van der Waals surface area contributed by atoms with Crippen molar-refractivity contribution in [1.82, 2.24) is 38.6 Å². The first-order chi connectivity index (χ1) is 40.7. The molecule has 0 spiro atoms. The summed E-state index contributed by atoms with van der Waals surface area (Å²) in [5, 5.41) is 9.83. The summed E-state index contributed by atoms with van der Waals surface area (Å²) in [6, 6.07) is 95.0. The van der Waals surface area contributed by atoms with E-state index in [9.17, 15) is 0 Å². The Balaban J connectivity index is 0.000000136. The van der Waals surface area contributed by atoms with Gasteiger partial charge in [0.2, 0.25) is 5.95 Å². The third-order valence-corrected chi connectivity index (χ3v) is 16.8. The summed E-state index contributed by atoms with van der Waals surface area (Å²) in [5.74, 6) is 2.58. The number of nitrogens with zero attached hydrogens (tertiary/aromatic N) is 8. The summed E-state index contributed by atoms with van der Waals surface area (Å²) in [4.78, 5) is 25.3. The van der Waals surface area contributed by atoms with Crippen molar-refractivity contribution in [2.75, 3.05) is 0 Å². The molecular weight excluding hydrogens is 1020 g/mol. The van der Waals surface area contributed by atoms with E-state index in [1.165, 1.54) is 47.2 Å². The molecule has 6 heterocycles. The molecule has 384 valence electrons. The van der Waals surface area contributed by atoms with Crippen molar-refractivity contribution in [1.29, 1.82) is 0 Å². The van der Waals surface area contributed by atoms with E-state index in [4.69, 9.17) is 24.9 Å². The maximum absolute atomic E-state index is 5.17. The van der Waals surface area contributed by atoms with E-state index in [0.29, 0.717) is 17.6 Å². The van der Waals surface area contributed by atoms with Crippen molar-refractivity contribution < 1.29 is 0 Å². The van der Waals surface area contributed by atoms with Gasteiger partial charge in [0.25, 0.3) is 0 Å². The van der Waals surface area contributed by atoms with Gasteiger partial charge in [0.15, 0.2) is 17.5 Å². The lowest BCUT2D eigenvalue weighted by atomic mass is 10.1. The smallest absolute Gasteiger partial charge is 0.238 e. The van der Waals surface area contributed by atoms with Crippen molar-refractivity contribution in [2.24, 2.45) is 0 Å². The molecule has 0 saturated carbocycles. The minimum Gasteiger partial charge on any atom is -0.307 e. The number of fused-ring (bicyclic) bond motifs is 14. The molecule has 11 aromatic carbocycles. The number of benzene rings is 11. The molecule has 0 saturated heterocycles. The second kappa shape index (κ2) is 19.5. The largest absolute Gasteiger partial charge is 0.307 e. The van der Waals surface area contributed by atoms with Crippen LogP contribution in [0.5, 0.6) is 0 Å². The maximum Gasteiger partial charge on any atom is 0.238 e. The van der Waals surface area contributed by atoms with Gasteiger partial charge < -0.3 is 9.13 Å². The van der Waals surface area contributed by atoms with Gasteiger partial charge in [-0.1, -0.05) is 231 Å². The Morgan fingerprint density at radius 2 is 0.744 bits per heavy atom. The SMILES string of the molecule is c1ccc(-c2nc(-c3ccccc3)nc(-n3c4ccccc4c4ccc5c6ccccc6n(-c6ccccc6)c5c43)n2)cc1.c1ccc(-c2ncc(-n3c4ccccc4c4c5sc6ccccc6c5ccc43)c(-c3ccccc3)n2)cc1. The fraction of sp³-hybridized carbons (Fsp3) is 0. The Labute approximate surface area is 474 Å². The van der Waals surface area contributed by atoms with E-state index < -0.39 is 0 Å². The number of thiophene rings is 1. The quantitative estimate of drug-likeness (QED) is 0.159. The minimum absolute atomic E-state index is 0.585. The van der Waals surface area contributed by atoms with Crippen molar-refractivity contribution in [3.05, 3.63) is 279 Å². The molecule has 0 aliphatic rings. The lowest BCUT2D eigenvalue weighted by Crippen LogP contribution is -2.07. The van der Waals surface area contributed by atoms with Gasteiger partial charge in [0.05, 0.1) is 50.7 Å². The molecule has 0 aliphatic heterocycles. The number of rotatable bonds is 7. The molecule has 0 atom stereocenters. The molecule has 82 heavy (non-hydrogen) atoms. The fourth-order valence-electron chi connectivity index (χ4n) is 12.0. The van der Waals surface area contributed by atoms with E-state index in [0.717, 1.165) is 83.5 Å². The highest BCUT2D eigenvalue weighted by molar-refractivity contribution is 7.26. The predicted molar refractivity (Wildman–Crippen MR) is 340 cm³/mol. The Bertz CT molecular complexity index is 5210. The summed E-state index contributed by atoms with van der Waals surface area (Å²) in [6.07, 6.45) is 1.98. The maximum atomic E-state index is 5.17. The average Bonchev–Trinajstić information content (AvgIpc) is 4.13. The molecule has 0 amide bonds. The molecule has 17 aromatic rings. The third kappa shape index (κ3) is 7.70. The summed E-state index contributed by atoms with van der Waals surface area (Å²) >= 11 is 1.87. The Morgan fingerprint density at radius 3 is 1.34 bits per heavy atom. The van der Waals surface area contributed by atoms with Crippen LogP contribution in [-0.2, 0) is 0 Å². The highest BCUT2D eigenvalue weighted by atomic mass is 32.1. The highest BCUT2D eigenvalue weighted by Crippen LogP contribution is 2.45. The second-order valence-electron chi connectivity index (χ2n) is 20.4. The fourth-order valence-corrected chi connectivity index (χ4v) is 13.3. The van der Waals surface area contributed by atoms with Crippen molar-refractivity contribution in [3.63, 3.8) is 0 Å². The van der Waals surface area contributed by atoms with E-state index in [1.54, 1.807) is 0 Å². The molecule has 9 heteroatoms. The molecule has 0 bridgehead atoms. The summed E-state index contributed by atoms with van der Waals surface area (Å²) < 4.78 is 9.58. The van der Waals surface area contributed by atoms with Crippen molar-refractivity contribution in [2.45, 2.75) is 0 Å². The standard InChI is InChI=1S/C39H25N5.C34H21N3S/c1-4-14-26(15-5-1)37-40-38(27-16-6-2-7-17-27)42-39(41-37)44-34-23-13-11-21-30(34)32-25-24-31-29-20-10-12-22-33(29)43(35(31)36(32)44)28-18-8-3-9-19-28;1-3-11-22(12-4-1)32-29(21-35-34(36-32)23-13-5-2-6-14-23)37-27-17-9-7-16-26(27)31-28(37)20-19-25-24-15-8-10-18-30(24)38-33(25)31/h1-25H;1-21H. The van der Waals surface area contributed by atoms with E-state index in [1.807, 2.05) is 102 Å². The van der Waals surface area contributed by atoms with Gasteiger partial charge in [0.1, 0.15) is 0 Å². The Morgan fingerprint density at radius 1 is 0.293 bits per heavy atom. The topological polar surface area (TPSA) is 79.2 Å². The van der Waals surface area contributed by atoms with Crippen LogP contribution >= 0.6 is 11.3 Å². The molecule has 0 aliphatic carbocycles. The van der Waals surface area contributed by atoms with E-state index >= 15 is 0 Å². The van der Waals surface area contributed by atoms with Gasteiger partial charge in [-0.25, -0.2) is 15.0 Å². The van der Waals surface area contributed by atoms with E-state index in [-0.39, 0.29) is 0 Å². The van der Waals surface area contributed by atoms with Crippen LogP contribution in [0.1, 0.15) is 0 Å². The van der Waals surface area contributed by atoms with Crippen LogP contribution in [0.4, 0.5) is 0 Å². The van der Waals surface area contributed by atoms with Crippen LogP contribution in [0.2, 0.25) is 0 Å². The number of hydrogen-bond acceptors (Lipinski definition) is 6. The van der Waals surface area contributed by atoms with Gasteiger partial charge in [0, 0.05) is 80.4 Å². The lowest BCUT2D eigenvalue weighted by molar-refractivity contribution is 0.953. The van der Waals surface area contributed by atoms with Crippen LogP contribution in [-0.4, -0.2) is 38.6 Å². The Hall–Kier alpha value is -10.9. The monoisotopic (exact) mass is 1070 g/mol. The van der Waals surface area contributed by atoms with Crippen LogP contribution in [0.25, 0.3) is 148 Å². The zero-order chi connectivity index (χ0) is 54.1. The van der Waals surface area contributed by atoms with E-state index in [2.05, 4.69) is 202 Å². The zero-order valence-corrected chi connectivity index (χ0v) is 44.9. The lowest BCUT2D eigenvalue weighted by Gasteiger charge is -2.14. The first-order valence-electron chi connectivity index (χ1n) is 27.4. The van der Waals surface area contributed by atoms with Crippen molar-refractivity contribution in [3.8, 4) is 62.7 Å². The average molecular weight is 1070 g/mol. The highest BCUT2D eigenvalue weighted by Gasteiger charge is 2.25. The molecule has 6 aromatic heterocycles. The minimum atomic E-state index is 0.585. The van der Waals surface area contributed by atoms with Gasteiger partial charge in [-0.05, 0) is 42.5 Å². The molecule has 0 radical (unpaired) electrons. The second-order valence-corrected chi connectivity index (χ2v) is 21.4. The molecule has 17 rings (SSSR count). The molecule has 8 nitrogen and oxygen atoms in total. The van der Waals surface area contributed by atoms with Crippen LogP contribution < -0.4 is 0 Å². The van der Waals surface area contributed by atoms with Crippen molar-refractivity contribution >= 4 is 96.9 Å². The normalized spacial score (nSPS) is 11.7. The summed E-state index contributed by atoms with van der Waals surface area (Å²) in [7, 11) is 0. The molecule has 0 N–H and O–H groups in total. The zero-order valence-electron chi connectivity index (χ0n) is 44.0. The Kier molecular flexibility index (Phi) is 11.2. The first kappa shape index (κ1) is 47.2. The molecular formula is C73H46N8S. The number of para-hydroxylation sites is 4. The number of hydrogen-bond donors (Lipinski definition) is 0. The van der Waals surface area contributed by atoms with Crippen LogP contribution in [0.3, 0.4) is 0 Å². The summed E-state index contributed by atoms with van der Waals surface area (Å²) in [5.41, 5.74) is 13.7. The van der Waals surface area contributed by atoms with Gasteiger partial charge in [-0.3, -0.25) is 4.57 Å².